The second kappa shape index (κ2) is 6.81. The molecule has 0 amide bonds. The van der Waals surface area contributed by atoms with Crippen LogP contribution >= 0.6 is 11.3 Å². The number of ketones is 1. The summed E-state index contributed by atoms with van der Waals surface area (Å²) in [6, 6.07) is 12.0. The first-order chi connectivity index (χ1) is 13.0. The van der Waals surface area contributed by atoms with E-state index in [4.69, 9.17) is 9.47 Å². The molecule has 2 aromatic carbocycles. The molecule has 0 fully saturated rings. The Morgan fingerprint density at radius 2 is 2.00 bits per heavy atom. The van der Waals surface area contributed by atoms with Crippen molar-refractivity contribution in [3.63, 3.8) is 0 Å². The number of halogens is 1. The molecule has 6 heteroatoms. The molecule has 2 heterocycles. The monoisotopic (exact) mass is 380 g/mol. The summed E-state index contributed by atoms with van der Waals surface area (Å²) in [5.74, 6) is -1.02. The molecule has 0 radical (unpaired) electrons. The summed E-state index contributed by atoms with van der Waals surface area (Å²) in [4.78, 5) is 25.6. The van der Waals surface area contributed by atoms with Crippen LogP contribution in [0.2, 0.25) is 0 Å². The van der Waals surface area contributed by atoms with Crippen molar-refractivity contribution in [1.82, 2.24) is 0 Å². The molecule has 1 aliphatic rings. The number of hydrogen-bond acceptors (Lipinski definition) is 5. The lowest BCUT2D eigenvalue weighted by Crippen LogP contribution is -2.10. The highest BCUT2D eigenvalue weighted by molar-refractivity contribution is 7.11. The molecule has 4 nitrogen and oxygen atoms in total. The van der Waals surface area contributed by atoms with Crippen LogP contribution < -0.4 is 9.47 Å². The Balaban J connectivity index is 1.58. The number of rotatable bonds is 3. The number of carbonyl (C=O) groups is 2. The van der Waals surface area contributed by atoms with Crippen molar-refractivity contribution in [3.8, 4) is 11.5 Å². The first kappa shape index (κ1) is 17.2. The van der Waals surface area contributed by atoms with E-state index in [9.17, 15) is 14.0 Å². The summed E-state index contributed by atoms with van der Waals surface area (Å²) in [7, 11) is 0. The zero-order chi connectivity index (χ0) is 19.0. The first-order valence-corrected chi connectivity index (χ1v) is 9.00. The topological polar surface area (TPSA) is 52.6 Å². The third-order valence-electron chi connectivity index (χ3n) is 4.11. The van der Waals surface area contributed by atoms with Gasteiger partial charge in [0, 0.05) is 17.0 Å². The third kappa shape index (κ3) is 3.27. The van der Waals surface area contributed by atoms with E-state index in [-0.39, 0.29) is 22.9 Å². The number of hydrogen-bond donors (Lipinski definition) is 0. The van der Waals surface area contributed by atoms with Crippen LogP contribution in [0.4, 0.5) is 4.39 Å². The minimum atomic E-state index is -0.817. The number of benzene rings is 2. The van der Waals surface area contributed by atoms with Gasteiger partial charge in [-0.3, -0.25) is 4.79 Å². The highest BCUT2D eigenvalue weighted by atomic mass is 32.1. The molecular formula is C21H13FO4S. The summed E-state index contributed by atoms with van der Waals surface area (Å²) in [5, 5.41) is 1.94. The predicted octanol–water partition coefficient (Wildman–Crippen LogP) is 5.03. The molecule has 3 aromatic rings. The molecular weight excluding hydrogens is 367 g/mol. The third-order valence-corrected chi connectivity index (χ3v) is 5.08. The number of thiophene rings is 1. The Kier molecular flexibility index (Phi) is 4.33. The minimum Gasteiger partial charge on any atom is -0.452 e. The minimum absolute atomic E-state index is 0.163. The number of esters is 1. The molecule has 1 aromatic heterocycles. The van der Waals surface area contributed by atoms with Crippen LogP contribution in [0.5, 0.6) is 11.5 Å². The van der Waals surface area contributed by atoms with Crippen LogP contribution in [0, 0.1) is 12.7 Å². The van der Waals surface area contributed by atoms with E-state index < -0.39 is 11.8 Å². The van der Waals surface area contributed by atoms with Crippen molar-refractivity contribution in [3.05, 3.63) is 87.1 Å². The zero-order valence-corrected chi connectivity index (χ0v) is 15.0. The van der Waals surface area contributed by atoms with Gasteiger partial charge in [-0.05, 0) is 48.2 Å². The zero-order valence-electron chi connectivity index (χ0n) is 14.2. The summed E-state index contributed by atoms with van der Waals surface area (Å²) in [6.07, 6.45) is 1.70. The Labute approximate surface area is 158 Å². The fourth-order valence-electron chi connectivity index (χ4n) is 2.67. The molecule has 27 heavy (non-hydrogen) atoms. The van der Waals surface area contributed by atoms with Crippen molar-refractivity contribution in [2.75, 3.05) is 0 Å². The molecule has 4 rings (SSSR count). The number of fused-ring (bicyclic) bond motifs is 1. The Hall–Kier alpha value is -3.25. The van der Waals surface area contributed by atoms with Crippen molar-refractivity contribution in [2.45, 2.75) is 6.92 Å². The largest absolute Gasteiger partial charge is 0.452 e. The van der Waals surface area contributed by atoms with Gasteiger partial charge in [0.1, 0.15) is 17.3 Å². The van der Waals surface area contributed by atoms with Gasteiger partial charge in [0.05, 0.1) is 11.1 Å². The smallest absolute Gasteiger partial charge is 0.346 e. The van der Waals surface area contributed by atoms with Gasteiger partial charge in [0.2, 0.25) is 5.78 Å². The molecule has 0 unspecified atom stereocenters. The quantitative estimate of drug-likeness (QED) is 0.363. The fraction of sp³-hybridized carbons (Fsp3) is 0.0476. The summed E-state index contributed by atoms with van der Waals surface area (Å²) in [6.45, 7) is 1.95. The van der Waals surface area contributed by atoms with Crippen LogP contribution in [0.25, 0.3) is 6.08 Å². The van der Waals surface area contributed by atoms with Gasteiger partial charge in [-0.1, -0.05) is 12.1 Å². The Bertz CT molecular complexity index is 1100. The average Bonchev–Trinajstić information content (AvgIpc) is 3.19. The number of allylic oxidation sites excluding steroid dienone is 1. The fourth-order valence-corrected chi connectivity index (χ4v) is 3.52. The normalized spacial score (nSPS) is 14.1. The van der Waals surface area contributed by atoms with Crippen LogP contribution in [-0.4, -0.2) is 11.8 Å². The van der Waals surface area contributed by atoms with Gasteiger partial charge < -0.3 is 9.47 Å². The van der Waals surface area contributed by atoms with Gasteiger partial charge in [-0.15, -0.1) is 11.3 Å². The summed E-state index contributed by atoms with van der Waals surface area (Å²) < 4.78 is 24.6. The van der Waals surface area contributed by atoms with Crippen LogP contribution in [0.1, 0.15) is 31.2 Å². The second-order valence-corrected chi connectivity index (χ2v) is 6.88. The molecule has 0 saturated heterocycles. The van der Waals surface area contributed by atoms with Gasteiger partial charge in [0.15, 0.2) is 5.76 Å². The number of Topliss-reactive ketones (excluding diaryl/α,β-unsaturated/α-hetero) is 1. The number of aryl methyl sites for hydroxylation is 1. The van der Waals surface area contributed by atoms with Crippen molar-refractivity contribution in [1.29, 1.82) is 0 Å². The standard InChI is InChI=1S/C21H13FO4S/c1-12-8-9-27-19(12)11-18-20(23)15-7-6-13(10-17(15)26-18)25-21(24)14-4-2-3-5-16(14)22/h2-11H,1H3/b18-11+. The van der Waals surface area contributed by atoms with E-state index in [0.29, 0.717) is 11.3 Å². The molecule has 1 aliphatic heterocycles. The first-order valence-electron chi connectivity index (χ1n) is 8.12. The molecule has 0 N–H and O–H groups in total. The molecule has 0 bridgehead atoms. The van der Waals surface area contributed by atoms with E-state index in [1.54, 1.807) is 12.1 Å². The van der Waals surface area contributed by atoms with E-state index in [1.165, 1.54) is 47.7 Å². The predicted molar refractivity (Wildman–Crippen MR) is 99.8 cm³/mol. The van der Waals surface area contributed by atoms with Crippen LogP contribution in [0.3, 0.4) is 0 Å². The SMILES string of the molecule is Cc1ccsc1/C=C1/Oc2cc(OC(=O)c3ccccc3F)ccc2C1=O. The molecule has 0 atom stereocenters. The lowest BCUT2D eigenvalue weighted by atomic mass is 10.1. The Morgan fingerprint density at radius 1 is 1.19 bits per heavy atom. The summed E-state index contributed by atoms with van der Waals surface area (Å²) in [5.41, 5.74) is 1.28. The average molecular weight is 380 g/mol. The van der Waals surface area contributed by atoms with E-state index in [2.05, 4.69) is 0 Å². The molecule has 0 spiro atoms. The second-order valence-electron chi connectivity index (χ2n) is 5.93. The summed E-state index contributed by atoms with van der Waals surface area (Å²) >= 11 is 1.51. The van der Waals surface area contributed by atoms with Gasteiger partial charge in [-0.2, -0.15) is 0 Å². The van der Waals surface area contributed by atoms with Crippen molar-refractivity contribution < 1.29 is 23.5 Å². The lowest BCUT2D eigenvalue weighted by Gasteiger charge is -2.06. The molecule has 0 saturated carbocycles. The highest BCUT2D eigenvalue weighted by Gasteiger charge is 2.28. The highest BCUT2D eigenvalue weighted by Crippen LogP contribution is 2.35. The van der Waals surface area contributed by atoms with Crippen LogP contribution in [0.15, 0.2) is 59.7 Å². The maximum atomic E-state index is 13.7. The van der Waals surface area contributed by atoms with Crippen molar-refractivity contribution in [2.24, 2.45) is 0 Å². The Morgan fingerprint density at radius 3 is 2.74 bits per heavy atom. The van der Waals surface area contributed by atoms with E-state index in [1.807, 2.05) is 18.4 Å². The van der Waals surface area contributed by atoms with Gasteiger partial charge in [0.25, 0.3) is 0 Å². The molecule has 0 aliphatic carbocycles. The lowest BCUT2D eigenvalue weighted by molar-refractivity contribution is 0.0729. The maximum Gasteiger partial charge on any atom is 0.346 e. The number of carbonyl (C=O) groups excluding carboxylic acids is 2. The number of ether oxygens (including phenoxy) is 2. The van der Waals surface area contributed by atoms with E-state index >= 15 is 0 Å². The van der Waals surface area contributed by atoms with Gasteiger partial charge >= 0.3 is 5.97 Å². The molecule has 134 valence electrons. The maximum absolute atomic E-state index is 13.7. The van der Waals surface area contributed by atoms with Crippen LogP contribution in [-0.2, 0) is 0 Å². The van der Waals surface area contributed by atoms with E-state index in [0.717, 1.165) is 10.4 Å². The van der Waals surface area contributed by atoms with Gasteiger partial charge in [-0.25, -0.2) is 9.18 Å². The van der Waals surface area contributed by atoms with Crippen molar-refractivity contribution >= 4 is 29.2 Å².